The van der Waals surface area contributed by atoms with Gasteiger partial charge in [0.1, 0.15) is 0 Å². The molecule has 1 aromatic heterocycles. The third-order valence-corrected chi connectivity index (χ3v) is 2.35. The summed E-state index contributed by atoms with van der Waals surface area (Å²) in [6.07, 6.45) is 3.71. The maximum atomic E-state index is 6.06. The lowest BCUT2D eigenvalue weighted by Crippen LogP contribution is -2.17. The van der Waals surface area contributed by atoms with Gasteiger partial charge in [0.05, 0.1) is 5.69 Å². The SMILES string of the molecule is CCCOCCC(N)c1ccnn1CC. The van der Waals surface area contributed by atoms with Crippen molar-refractivity contribution in [3.05, 3.63) is 18.0 Å². The average molecular weight is 211 g/mol. The second kappa shape index (κ2) is 6.58. The van der Waals surface area contributed by atoms with E-state index in [1.165, 1.54) is 0 Å². The van der Waals surface area contributed by atoms with Gasteiger partial charge in [-0.2, -0.15) is 5.10 Å². The van der Waals surface area contributed by atoms with E-state index in [0.717, 1.165) is 38.3 Å². The molecule has 15 heavy (non-hydrogen) atoms. The topological polar surface area (TPSA) is 53.1 Å². The molecule has 0 amide bonds. The third-order valence-electron chi connectivity index (χ3n) is 2.35. The Morgan fingerprint density at radius 3 is 2.93 bits per heavy atom. The molecule has 1 rings (SSSR count). The molecule has 0 aliphatic heterocycles. The smallest absolute Gasteiger partial charge is 0.0552 e. The number of hydrogen-bond donors (Lipinski definition) is 1. The lowest BCUT2D eigenvalue weighted by molar-refractivity contribution is 0.127. The highest BCUT2D eigenvalue weighted by Crippen LogP contribution is 2.13. The maximum Gasteiger partial charge on any atom is 0.0552 e. The van der Waals surface area contributed by atoms with E-state index >= 15 is 0 Å². The van der Waals surface area contributed by atoms with E-state index in [0.29, 0.717) is 0 Å². The highest BCUT2D eigenvalue weighted by atomic mass is 16.5. The van der Waals surface area contributed by atoms with Crippen LogP contribution in [0.25, 0.3) is 0 Å². The molecule has 0 aromatic carbocycles. The van der Waals surface area contributed by atoms with Crippen molar-refractivity contribution < 1.29 is 4.74 Å². The molecule has 1 heterocycles. The molecule has 4 nitrogen and oxygen atoms in total. The van der Waals surface area contributed by atoms with E-state index in [9.17, 15) is 0 Å². The van der Waals surface area contributed by atoms with Crippen molar-refractivity contribution in [1.29, 1.82) is 0 Å². The molecule has 0 radical (unpaired) electrons. The number of hydrogen-bond acceptors (Lipinski definition) is 3. The van der Waals surface area contributed by atoms with Gasteiger partial charge in [-0.3, -0.25) is 4.68 Å². The lowest BCUT2D eigenvalue weighted by Gasteiger charge is -2.13. The number of aryl methyl sites for hydroxylation is 1. The van der Waals surface area contributed by atoms with Gasteiger partial charge in [0.2, 0.25) is 0 Å². The van der Waals surface area contributed by atoms with Gasteiger partial charge in [-0.1, -0.05) is 6.92 Å². The first kappa shape index (κ1) is 12.2. The van der Waals surface area contributed by atoms with Gasteiger partial charge in [-0.25, -0.2) is 0 Å². The number of ether oxygens (including phenoxy) is 1. The largest absolute Gasteiger partial charge is 0.381 e. The molecular formula is C11H21N3O. The molecule has 0 aliphatic carbocycles. The summed E-state index contributed by atoms with van der Waals surface area (Å²) >= 11 is 0. The first-order valence-corrected chi connectivity index (χ1v) is 5.64. The molecule has 0 aliphatic rings. The minimum absolute atomic E-state index is 0.0318. The Kier molecular flexibility index (Phi) is 5.36. The van der Waals surface area contributed by atoms with Crippen LogP contribution in [0.15, 0.2) is 12.3 Å². The monoisotopic (exact) mass is 211 g/mol. The number of nitrogens with zero attached hydrogens (tertiary/aromatic N) is 2. The van der Waals surface area contributed by atoms with Gasteiger partial charge >= 0.3 is 0 Å². The highest BCUT2D eigenvalue weighted by Gasteiger charge is 2.10. The van der Waals surface area contributed by atoms with Crippen molar-refractivity contribution in [3.8, 4) is 0 Å². The van der Waals surface area contributed by atoms with Crippen molar-refractivity contribution in [2.75, 3.05) is 13.2 Å². The minimum Gasteiger partial charge on any atom is -0.381 e. The van der Waals surface area contributed by atoms with Crippen LogP contribution in [0, 0.1) is 0 Å². The first-order valence-electron chi connectivity index (χ1n) is 5.64. The molecular weight excluding hydrogens is 190 g/mol. The molecule has 1 atom stereocenters. The van der Waals surface area contributed by atoms with Crippen molar-refractivity contribution in [1.82, 2.24) is 9.78 Å². The van der Waals surface area contributed by atoms with Gasteiger partial charge in [-0.05, 0) is 25.8 Å². The maximum absolute atomic E-state index is 6.06. The zero-order valence-corrected chi connectivity index (χ0v) is 9.65. The second-order valence-corrected chi connectivity index (χ2v) is 3.58. The number of rotatable bonds is 7. The summed E-state index contributed by atoms with van der Waals surface area (Å²) in [5, 5.41) is 4.20. The summed E-state index contributed by atoms with van der Waals surface area (Å²) in [7, 11) is 0. The van der Waals surface area contributed by atoms with Crippen LogP contribution < -0.4 is 5.73 Å². The van der Waals surface area contributed by atoms with Crippen LogP contribution in [-0.2, 0) is 11.3 Å². The molecule has 0 saturated carbocycles. The van der Waals surface area contributed by atoms with Crippen molar-refractivity contribution in [2.45, 2.75) is 39.3 Å². The second-order valence-electron chi connectivity index (χ2n) is 3.58. The predicted molar refractivity (Wildman–Crippen MR) is 60.6 cm³/mol. The Balaban J connectivity index is 2.36. The fraction of sp³-hybridized carbons (Fsp3) is 0.727. The van der Waals surface area contributed by atoms with E-state index in [1.54, 1.807) is 6.20 Å². The van der Waals surface area contributed by atoms with E-state index in [4.69, 9.17) is 10.5 Å². The fourth-order valence-corrected chi connectivity index (χ4v) is 1.53. The molecule has 4 heteroatoms. The van der Waals surface area contributed by atoms with E-state index in [1.807, 2.05) is 10.7 Å². The van der Waals surface area contributed by atoms with Crippen molar-refractivity contribution in [2.24, 2.45) is 5.73 Å². The number of nitrogens with two attached hydrogens (primary N) is 1. The zero-order valence-electron chi connectivity index (χ0n) is 9.65. The first-order chi connectivity index (χ1) is 7.29. The minimum atomic E-state index is 0.0318. The summed E-state index contributed by atoms with van der Waals surface area (Å²) in [6.45, 7) is 6.58. The summed E-state index contributed by atoms with van der Waals surface area (Å²) in [4.78, 5) is 0. The Labute approximate surface area is 91.4 Å². The summed E-state index contributed by atoms with van der Waals surface area (Å²) in [6, 6.07) is 2.01. The third kappa shape index (κ3) is 3.64. The Bertz CT molecular complexity index is 273. The van der Waals surface area contributed by atoms with Gasteiger partial charge in [0.25, 0.3) is 0 Å². The molecule has 1 unspecified atom stereocenters. The molecule has 1 aromatic rings. The number of aromatic nitrogens is 2. The van der Waals surface area contributed by atoms with Crippen LogP contribution in [0.5, 0.6) is 0 Å². The Morgan fingerprint density at radius 2 is 2.27 bits per heavy atom. The van der Waals surface area contributed by atoms with Gasteiger partial charge in [0.15, 0.2) is 0 Å². The molecule has 0 bridgehead atoms. The zero-order chi connectivity index (χ0) is 11.1. The Hall–Kier alpha value is -0.870. The normalized spacial score (nSPS) is 13.0. The molecule has 0 spiro atoms. The van der Waals surface area contributed by atoms with Gasteiger partial charge < -0.3 is 10.5 Å². The average Bonchev–Trinajstić information content (AvgIpc) is 2.72. The molecule has 86 valence electrons. The lowest BCUT2D eigenvalue weighted by atomic mass is 10.1. The summed E-state index contributed by atoms with van der Waals surface area (Å²) in [5.41, 5.74) is 7.15. The van der Waals surface area contributed by atoms with Gasteiger partial charge in [-0.15, -0.1) is 0 Å². The van der Waals surface area contributed by atoms with Crippen molar-refractivity contribution in [3.63, 3.8) is 0 Å². The standard InChI is InChI=1S/C11H21N3O/c1-3-8-15-9-6-10(12)11-5-7-13-14(11)4-2/h5,7,10H,3-4,6,8-9,12H2,1-2H3. The molecule has 0 saturated heterocycles. The molecule has 2 N–H and O–H groups in total. The highest BCUT2D eigenvalue weighted by molar-refractivity contribution is 5.05. The van der Waals surface area contributed by atoms with E-state index in [2.05, 4.69) is 18.9 Å². The van der Waals surface area contributed by atoms with Crippen LogP contribution in [0.4, 0.5) is 0 Å². The van der Waals surface area contributed by atoms with Crippen LogP contribution in [0.2, 0.25) is 0 Å². The Morgan fingerprint density at radius 1 is 1.47 bits per heavy atom. The fourth-order valence-electron chi connectivity index (χ4n) is 1.53. The van der Waals surface area contributed by atoms with E-state index in [-0.39, 0.29) is 6.04 Å². The van der Waals surface area contributed by atoms with Crippen LogP contribution in [0.3, 0.4) is 0 Å². The van der Waals surface area contributed by atoms with Crippen LogP contribution in [0.1, 0.15) is 38.4 Å². The molecule has 0 fully saturated rings. The van der Waals surface area contributed by atoms with E-state index < -0.39 is 0 Å². The quantitative estimate of drug-likeness (QED) is 0.699. The predicted octanol–water partition coefficient (Wildman–Crippen LogP) is 1.72. The van der Waals surface area contributed by atoms with Gasteiger partial charge in [0, 0.05) is 32.0 Å². The van der Waals surface area contributed by atoms with Crippen molar-refractivity contribution >= 4 is 0 Å². The summed E-state index contributed by atoms with van der Waals surface area (Å²) < 4.78 is 7.35. The summed E-state index contributed by atoms with van der Waals surface area (Å²) in [5.74, 6) is 0. The van der Waals surface area contributed by atoms with Crippen LogP contribution >= 0.6 is 0 Å². The van der Waals surface area contributed by atoms with Crippen LogP contribution in [-0.4, -0.2) is 23.0 Å².